The van der Waals surface area contributed by atoms with E-state index in [2.05, 4.69) is 41.5 Å². The second-order valence-electron chi connectivity index (χ2n) is 19.7. The van der Waals surface area contributed by atoms with Crippen molar-refractivity contribution in [2.45, 2.75) is 298 Å². The zero-order valence-electron chi connectivity index (χ0n) is 41.3. The van der Waals surface area contributed by atoms with Crippen LogP contribution in [-0.4, -0.2) is 37.2 Å². The summed E-state index contributed by atoms with van der Waals surface area (Å²) in [6.45, 7) is 13.7. The van der Waals surface area contributed by atoms with Crippen LogP contribution in [0.25, 0.3) is 0 Å². The number of ether oxygens (including phenoxy) is 3. The fourth-order valence-corrected chi connectivity index (χ4v) is 8.08. The maximum absolute atomic E-state index is 12.8. The van der Waals surface area contributed by atoms with Crippen LogP contribution < -0.4 is 0 Å². The molecule has 0 saturated carbocycles. The van der Waals surface area contributed by atoms with Crippen molar-refractivity contribution in [2.24, 2.45) is 17.8 Å². The van der Waals surface area contributed by atoms with Crippen molar-refractivity contribution in [3.63, 3.8) is 0 Å². The summed E-state index contributed by atoms with van der Waals surface area (Å²) in [5.74, 6) is 1.66. The summed E-state index contributed by atoms with van der Waals surface area (Å²) in [5, 5.41) is 0. The largest absolute Gasteiger partial charge is 0.462 e. The highest BCUT2D eigenvalue weighted by molar-refractivity contribution is 5.71. The molecular weight excluding hydrogens is 745 g/mol. The van der Waals surface area contributed by atoms with Gasteiger partial charge in [0, 0.05) is 19.3 Å². The van der Waals surface area contributed by atoms with E-state index in [-0.39, 0.29) is 31.1 Å². The van der Waals surface area contributed by atoms with Gasteiger partial charge < -0.3 is 14.2 Å². The van der Waals surface area contributed by atoms with Crippen LogP contribution in [0, 0.1) is 17.8 Å². The molecule has 0 N–H and O–H groups in total. The molecule has 0 saturated heterocycles. The maximum atomic E-state index is 12.8. The Morgan fingerprint density at radius 2 is 0.583 bits per heavy atom. The molecule has 356 valence electrons. The van der Waals surface area contributed by atoms with Crippen LogP contribution in [-0.2, 0) is 28.6 Å². The summed E-state index contributed by atoms with van der Waals surface area (Å²) in [6.07, 6.45) is 45.2. The number of carbonyl (C=O) groups excluding carboxylic acids is 3. The van der Waals surface area contributed by atoms with Crippen molar-refractivity contribution < 1.29 is 28.6 Å². The second kappa shape index (κ2) is 45.4. The third-order valence-electron chi connectivity index (χ3n) is 12.5. The second-order valence-corrected chi connectivity index (χ2v) is 19.7. The summed E-state index contributed by atoms with van der Waals surface area (Å²) < 4.78 is 16.8. The predicted molar refractivity (Wildman–Crippen MR) is 256 cm³/mol. The normalized spacial score (nSPS) is 12.6. The average molecular weight is 849 g/mol. The smallest absolute Gasteiger partial charge is 0.306 e. The van der Waals surface area contributed by atoms with Crippen molar-refractivity contribution in [3.8, 4) is 0 Å². The zero-order valence-corrected chi connectivity index (χ0v) is 41.3. The fourth-order valence-electron chi connectivity index (χ4n) is 8.08. The van der Waals surface area contributed by atoms with Gasteiger partial charge in [0.1, 0.15) is 13.2 Å². The molecular formula is C54H104O6. The minimum atomic E-state index is -0.763. The molecule has 0 fully saturated rings. The predicted octanol–water partition coefficient (Wildman–Crippen LogP) is 17.2. The molecule has 0 spiro atoms. The number of rotatable bonds is 47. The Morgan fingerprint density at radius 1 is 0.333 bits per heavy atom. The molecule has 1 unspecified atom stereocenters. The van der Waals surface area contributed by atoms with E-state index in [9.17, 15) is 14.4 Å². The number of hydrogen-bond acceptors (Lipinski definition) is 6. The number of esters is 3. The minimum Gasteiger partial charge on any atom is -0.462 e. The van der Waals surface area contributed by atoms with Crippen molar-refractivity contribution in [1.82, 2.24) is 0 Å². The fraction of sp³-hybridized carbons (Fsp3) is 0.944. The lowest BCUT2D eigenvalue weighted by molar-refractivity contribution is -0.167. The lowest BCUT2D eigenvalue weighted by atomic mass is 9.99. The van der Waals surface area contributed by atoms with E-state index in [0.29, 0.717) is 19.3 Å². The zero-order chi connectivity index (χ0) is 44.2. The Hall–Kier alpha value is -1.59. The molecule has 6 heteroatoms. The van der Waals surface area contributed by atoms with Gasteiger partial charge in [0.15, 0.2) is 6.10 Å². The summed E-state index contributed by atoms with van der Waals surface area (Å²) in [7, 11) is 0. The Bertz CT molecular complexity index is 931. The van der Waals surface area contributed by atoms with Gasteiger partial charge in [-0.2, -0.15) is 0 Å². The molecule has 0 aliphatic heterocycles. The van der Waals surface area contributed by atoms with Crippen LogP contribution in [0.5, 0.6) is 0 Å². The molecule has 0 bridgehead atoms. The summed E-state index contributed by atoms with van der Waals surface area (Å²) >= 11 is 0. The Balaban J connectivity index is 4.30. The molecule has 0 aromatic carbocycles. The molecule has 0 rings (SSSR count). The van der Waals surface area contributed by atoms with Gasteiger partial charge in [0.2, 0.25) is 0 Å². The van der Waals surface area contributed by atoms with E-state index >= 15 is 0 Å². The monoisotopic (exact) mass is 849 g/mol. The van der Waals surface area contributed by atoms with Crippen molar-refractivity contribution in [1.29, 1.82) is 0 Å². The molecule has 0 amide bonds. The number of unbranched alkanes of at least 4 members (excludes halogenated alkanes) is 29. The van der Waals surface area contributed by atoms with Crippen LogP contribution in [0.1, 0.15) is 292 Å². The minimum absolute atomic E-state index is 0.0649. The van der Waals surface area contributed by atoms with Gasteiger partial charge in [0.05, 0.1) is 0 Å². The molecule has 0 radical (unpaired) electrons. The lowest BCUT2D eigenvalue weighted by Crippen LogP contribution is -2.30. The van der Waals surface area contributed by atoms with Crippen LogP contribution in [0.4, 0.5) is 0 Å². The van der Waals surface area contributed by atoms with Gasteiger partial charge in [-0.1, -0.05) is 253 Å². The van der Waals surface area contributed by atoms with E-state index in [1.165, 1.54) is 173 Å². The molecule has 60 heavy (non-hydrogen) atoms. The first-order valence-electron chi connectivity index (χ1n) is 26.6. The lowest BCUT2D eigenvalue weighted by Gasteiger charge is -2.18. The van der Waals surface area contributed by atoms with Gasteiger partial charge in [-0.25, -0.2) is 0 Å². The SMILES string of the molecule is CCC(C)CCCCCCCCCCCCCCCCC(=O)O[C@@H](COC(=O)CCCCCCCCCCCCC(C)C)COC(=O)CCCCCCCCCCC(C)C. The van der Waals surface area contributed by atoms with Gasteiger partial charge in [-0.3, -0.25) is 14.4 Å². The Labute approximate surface area is 374 Å². The highest BCUT2D eigenvalue weighted by Gasteiger charge is 2.19. The number of hydrogen-bond donors (Lipinski definition) is 0. The van der Waals surface area contributed by atoms with E-state index < -0.39 is 6.10 Å². The molecule has 0 aromatic rings. The van der Waals surface area contributed by atoms with Crippen LogP contribution in [0.2, 0.25) is 0 Å². The standard InChI is InChI=1S/C54H104O6/c1-7-50(6)42-36-30-24-17-12-10-8-9-11-13-19-27-33-39-45-54(57)60-51(47-59-53(56)44-38-32-26-21-20-23-29-35-41-49(4)5)46-58-52(55)43-37-31-25-18-15-14-16-22-28-34-40-48(2)3/h48-51H,7-47H2,1-6H3/t50?,51-/m0/s1. The first-order chi connectivity index (χ1) is 29.1. The van der Waals surface area contributed by atoms with Gasteiger partial charge >= 0.3 is 17.9 Å². The molecule has 0 aliphatic rings. The van der Waals surface area contributed by atoms with Gasteiger partial charge in [-0.15, -0.1) is 0 Å². The van der Waals surface area contributed by atoms with Crippen LogP contribution in [0.3, 0.4) is 0 Å². The molecule has 6 nitrogen and oxygen atoms in total. The third-order valence-corrected chi connectivity index (χ3v) is 12.5. The van der Waals surface area contributed by atoms with Crippen molar-refractivity contribution in [2.75, 3.05) is 13.2 Å². The summed E-state index contributed by atoms with van der Waals surface area (Å²) in [4.78, 5) is 38.0. The topological polar surface area (TPSA) is 78.9 Å². The van der Waals surface area contributed by atoms with E-state index in [4.69, 9.17) is 14.2 Å². The molecule has 2 atom stereocenters. The van der Waals surface area contributed by atoms with E-state index in [1.807, 2.05) is 0 Å². The van der Waals surface area contributed by atoms with Crippen molar-refractivity contribution in [3.05, 3.63) is 0 Å². The van der Waals surface area contributed by atoms with E-state index in [0.717, 1.165) is 75.5 Å². The summed E-state index contributed by atoms with van der Waals surface area (Å²) in [5.41, 5.74) is 0. The van der Waals surface area contributed by atoms with Gasteiger partial charge in [-0.05, 0) is 37.0 Å². The van der Waals surface area contributed by atoms with Crippen LogP contribution in [0.15, 0.2) is 0 Å². The average Bonchev–Trinajstić information content (AvgIpc) is 3.22. The summed E-state index contributed by atoms with van der Waals surface area (Å²) in [6, 6.07) is 0. The molecule has 0 heterocycles. The van der Waals surface area contributed by atoms with E-state index in [1.54, 1.807) is 0 Å². The Kier molecular flexibility index (Phi) is 44.2. The molecule has 0 aromatic heterocycles. The van der Waals surface area contributed by atoms with Crippen molar-refractivity contribution >= 4 is 17.9 Å². The molecule has 0 aliphatic carbocycles. The first-order valence-corrected chi connectivity index (χ1v) is 26.6. The number of carbonyl (C=O) groups is 3. The quantitative estimate of drug-likeness (QED) is 0.0345. The van der Waals surface area contributed by atoms with Gasteiger partial charge in [0.25, 0.3) is 0 Å². The maximum Gasteiger partial charge on any atom is 0.306 e. The highest BCUT2D eigenvalue weighted by atomic mass is 16.6. The Morgan fingerprint density at radius 3 is 0.867 bits per heavy atom. The third kappa shape index (κ3) is 45.9. The first kappa shape index (κ1) is 58.4. The van der Waals surface area contributed by atoms with Crippen LogP contribution >= 0.6 is 0 Å². The highest BCUT2D eigenvalue weighted by Crippen LogP contribution is 2.18.